The van der Waals surface area contributed by atoms with Crippen molar-refractivity contribution in [2.45, 2.75) is 170 Å². The lowest BCUT2D eigenvalue weighted by Gasteiger charge is -2.29. The van der Waals surface area contributed by atoms with Crippen LogP contribution in [0.1, 0.15) is 170 Å². The van der Waals surface area contributed by atoms with Crippen molar-refractivity contribution in [1.29, 1.82) is 0 Å². The fraction of sp³-hybridized carbons (Fsp3) is 0.333. The van der Waals surface area contributed by atoms with Crippen molar-refractivity contribution in [3.63, 3.8) is 0 Å². The number of nitrogen functional groups attached to an aromatic ring is 1. The van der Waals surface area contributed by atoms with Crippen LogP contribution >= 0.6 is 63.7 Å². The third-order valence-corrected chi connectivity index (χ3v) is 16.8. The largest absolute Gasteiger partial charge is 0.399 e. The molecule has 0 fully saturated rings. The maximum absolute atomic E-state index is 5.66. The van der Waals surface area contributed by atoms with Crippen molar-refractivity contribution in [2.24, 2.45) is 0 Å². The maximum Gasteiger partial charge on any atom is 0.0475 e. The number of anilines is 7. The maximum atomic E-state index is 5.66. The van der Waals surface area contributed by atoms with Crippen LogP contribution in [0.5, 0.6) is 0 Å². The van der Waals surface area contributed by atoms with Gasteiger partial charge in [-0.2, -0.15) is 0 Å². The summed E-state index contributed by atoms with van der Waals surface area (Å²) in [5.41, 5.74) is 24.3. The van der Waals surface area contributed by atoms with Gasteiger partial charge in [-0.05, 0) is 200 Å². The third-order valence-electron chi connectivity index (χ3n) is 14.9. The van der Waals surface area contributed by atoms with Crippen LogP contribution in [0.25, 0.3) is 0 Å². The Bertz CT molecular complexity index is 3570. The van der Waals surface area contributed by atoms with Gasteiger partial charge in [0.25, 0.3) is 0 Å². The van der Waals surface area contributed by atoms with E-state index < -0.39 is 0 Å². The number of hydrogen-bond donors (Lipinski definition) is 3. The zero-order chi connectivity index (χ0) is 66.0. The van der Waals surface area contributed by atoms with Gasteiger partial charge in [-0.3, -0.25) is 0 Å². The van der Waals surface area contributed by atoms with E-state index in [0.717, 1.165) is 52.9 Å². The average Bonchev–Trinajstić information content (AvgIpc) is 1.11. The number of hydrogen-bond acceptors (Lipinski definition) is 4. The Balaban J connectivity index is 0.000000205. The highest BCUT2D eigenvalue weighted by molar-refractivity contribution is 9.11. The molecule has 0 saturated carbocycles. The third kappa shape index (κ3) is 25.0. The highest BCUT2D eigenvalue weighted by Gasteiger charge is 2.23. The van der Waals surface area contributed by atoms with Crippen LogP contribution in [-0.4, -0.2) is 6.54 Å². The number of nitrogens with two attached hydrogens (primary N) is 1. The van der Waals surface area contributed by atoms with Gasteiger partial charge in [-0.1, -0.05) is 291 Å². The molecule has 4 N–H and O–H groups in total. The molecule has 10 rings (SSSR count). The minimum atomic E-state index is 0.0775. The lowest BCUT2D eigenvalue weighted by Crippen LogP contribution is -2.19. The van der Waals surface area contributed by atoms with E-state index in [9.17, 15) is 0 Å². The van der Waals surface area contributed by atoms with Crippen LogP contribution in [0, 0.1) is 0 Å². The van der Waals surface area contributed by atoms with Crippen molar-refractivity contribution in [2.75, 3.05) is 27.8 Å². The predicted molar refractivity (Wildman–Crippen MR) is 407 cm³/mol. The Morgan fingerprint density at radius 3 is 1.25 bits per heavy atom. The van der Waals surface area contributed by atoms with Gasteiger partial charge in [-0.15, -0.1) is 0 Å². The molecule has 1 heterocycles. The fourth-order valence-electron chi connectivity index (χ4n) is 9.64. The van der Waals surface area contributed by atoms with Crippen LogP contribution in [0.4, 0.5) is 39.8 Å². The summed E-state index contributed by atoms with van der Waals surface area (Å²) in [7, 11) is 0. The van der Waals surface area contributed by atoms with Crippen molar-refractivity contribution in [1.82, 2.24) is 0 Å². The number of nitrogens with zero attached hydrogens (tertiary/aromatic N) is 1. The number of fused-ring (bicyclic) bond motifs is 1. The molecule has 0 aromatic heterocycles. The Hall–Kier alpha value is -5.90. The first-order chi connectivity index (χ1) is 41.5. The zero-order valence-corrected chi connectivity index (χ0v) is 62.8. The molecule has 1 aliphatic heterocycles. The number of benzene rings is 9. The van der Waals surface area contributed by atoms with Crippen LogP contribution in [-0.2, 0) is 38.9 Å². The van der Waals surface area contributed by atoms with Gasteiger partial charge in [0.2, 0.25) is 0 Å². The molecule has 472 valence electrons. The molecule has 0 saturated heterocycles. The molecule has 0 unspecified atom stereocenters. The first-order valence-corrected chi connectivity index (χ1v) is 34.2. The summed E-state index contributed by atoms with van der Waals surface area (Å²) < 4.78 is 4.49. The van der Waals surface area contributed by atoms with E-state index in [0.29, 0.717) is 0 Å². The van der Waals surface area contributed by atoms with E-state index in [1.165, 1.54) is 63.2 Å². The number of nitrogens with one attached hydrogen (secondary N) is 2. The van der Waals surface area contributed by atoms with Crippen LogP contribution in [0.3, 0.4) is 0 Å². The molecule has 0 aliphatic carbocycles. The molecule has 8 heteroatoms. The molecule has 0 spiro atoms. The van der Waals surface area contributed by atoms with Crippen LogP contribution in [0.2, 0.25) is 0 Å². The molecule has 0 radical (unpaired) electrons. The smallest absolute Gasteiger partial charge is 0.0475 e. The van der Waals surface area contributed by atoms with Gasteiger partial charge in [0.1, 0.15) is 0 Å². The predicted octanol–water partition coefficient (Wildman–Crippen LogP) is 26.1. The topological polar surface area (TPSA) is 53.3 Å². The second-order valence-electron chi connectivity index (χ2n) is 28.9. The molecule has 0 atom stereocenters. The van der Waals surface area contributed by atoms with E-state index in [4.69, 9.17) is 5.73 Å². The molecular formula is C81H100Br4N4. The molecule has 9 aromatic carbocycles. The number of rotatable bonds is 5. The minimum absolute atomic E-state index is 0.0775. The van der Waals surface area contributed by atoms with E-state index in [1.54, 1.807) is 0 Å². The average molecular weight is 1450 g/mol. The van der Waals surface area contributed by atoms with Gasteiger partial charge in [0, 0.05) is 64.2 Å². The molecule has 1 aliphatic rings. The quantitative estimate of drug-likeness (QED) is 0.150. The minimum Gasteiger partial charge on any atom is -0.399 e. The highest BCUT2D eigenvalue weighted by Crippen LogP contribution is 2.41. The Morgan fingerprint density at radius 1 is 0.348 bits per heavy atom. The lowest BCUT2D eigenvalue weighted by molar-refractivity contribution is 0.579. The van der Waals surface area contributed by atoms with E-state index in [-0.39, 0.29) is 32.5 Å². The van der Waals surface area contributed by atoms with Crippen LogP contribution in [0.15, 0.2) is 236 Å². The SMILES string of the molecule is Brc1ccccc1.CC(C)(C)c1cc(Br)cc(Br)c1.CC(C)(C)c1cccc(N(c2ccccc2)c2cc(Br)cc(C(C)(C)C)c2)c1.CC(C)(C)c1cccc(N)c1.CC(C)(C)c1cccc(Nc2ccccc2)c1.CC(C)(C)c1cccc2c1CCCN2. The van der Waals surface area contributed by atoms with Gasteiger partial charge in [0.05, 0.1) is 0 Å². The van der Waals surface area contributed by atoms with Crippen molar-refractivity contribution < 1.29 is 0 Å². The summed E-state index contributed by atoms with van der Waals surface area (Å²) in [6.45, 7) is 41.4. The zero-order valence-electron chi connectivity index (χ0n) is 56.4. The summed E-state index contributed by atoms with van der Waals surface area (Å²) in [4.78, 5) is 2.34. The van der Waals surface area contributed by atoms with Gasteiger partial charge >= 0.3 is 0 Å². The first-order valence-electron chi connectivity index (χ1n) is 31.1. The summed E-state index contributed by atoms with van der Waals surface area (Å²) in [5.74, 6) is 0. The lowest BCUT2D eigenvalue weighted by atomic mass is 9.81. The number of halogens is 4. The second kappa shape index (κ2) is 32.9. The van der Waals surface area contributed by atoms with Gasteiger partial charge < -0.3 is 21.3 Å². The van der Waals surface area contributed by atoms with Crippen molar-refractivity contribution in [3.8, 4) is 0 Å². The fourth-order valence-corrected chi connectivity index (χ4v) is 11.7. The molecule has 0 bridgehead atoms. The molecule has 89 heavy (non-hydrogen) atoms. The second-order valence-corrected chi connectivity index (χ2v) is 32.6. The Kier molecular flexibility index (Phi) is 27.3. The normalized spacial score (nSPS) is 12.2. The molecule has 4 nitrogen and oxygen atoms in total. The summed E-state index contributed by atoms with van der Waals surface area (Å²) in [5, 5.41) is 6.89. The summed E-state index contributed by atoms with van der Waals surface area (Å²) in [6.07, 6.45) is 2.50. The molecule has 0 amide bonds. The van der Waals surface area contributed by atoms with Crippen LogP contribution < -0.4 is 21.3 Å². The Morgan fingerprint density at radius 2 is 0.764 bits per heavy atom. The van der Waals surface area contributed by atoms with E-state index in [2.05, 4.69) is 356 Å². The Labute approximate surface area is 571 Å². The first kappa shape index (κ1) is 73.8. The van der Waals surface area contributed by atoms with Crippen molar-refractivity contribution in [3.05, 3.63) is 275 Å². The summed E-state index contributed by atoms with van der Waals surface area (Å²) in [6, 6.07) is 76.1. The van der Waals surface area contributed by atoms with E-state index in [1.807, 2.05) is 66.7 Å². The molecular weight excluding hydrogens is 1350 g/mol. The standard InChI is InChI=1S/C26H30BrN.C16H19N.C13H19N.C10H12Br2.C10H15N.C6H5Br/c1-25(2,3)19-11-10-14-23(16-19)28(22-12-8-7-9-13-22)24-17-20(26(4,5)6)15-21(27)18-24;1-16(2,3)13-8-7-11-15(12-13)17-14-9-5-4-6-10-14;1-13(2,3)11-7-4-8-12-10(11)6-5-9-14-12;1-10(2,3)7-4-8(11)6-9(12)5-7;1-10(2,3)8-5-4-6-9(11)7-8;7-6-4-2-1-3-5-6/h7-18H,1-6H3;4-12,17H,1-3H3;4,7-8,14H,5-6,9H2,1-3H3;4-6H,1-3H3;4-7H,11H2,1-3H3;1-5H. The number of para-hydroxylation sites is 2. The van der Waals surface area contributed by atoms with Gasteiger partial charge in [-0.25, -0.2) is 0 Å². The summed E-state index contributed by atoms with van der Waals surface area (Å²) >= 11 is 14.0. The highest BCUT2D eigenvalue weighted by atomic mass is 79.9. The van der Waals surface area contributed by atoms with Crippen molar-refractivity contribution >= 4 is 104 Å². The van der Waals surface area contributed by atoms with E-state index >= 15 is 0 Å². The monoisotopic (exact) mass is 1440 g/mol. The molecule has 9 aromatic rings. The van der Waals surface area contributed by atoms with Gasteiger partial charge in [0.15, 0.2) is 0 Å².